The van der Waals surface area contributed by atoms with E-state index in [1.165, 1.54) is 19.2 Å². The molecule has 0 amide bonds. The summed E-state index contributed by atoms with van der Waals surface area (Å²) >= 11 is 3.08. The highest BCUT2D eigenvalue weighted by Gasteiger charge is 2.17. The average molecular weight is 278 g/mol. The molecule has 0 bridgehead atoms. The Morgan fingerprint density at radius 3 is 2.80 bits per heavy atom. The van der Waals surface area contributed by atoms with Crippen LogP contribution < -0.4 is 10.1 Å². The third kappa shape index (κ3) is 2.68. The summed E-state index contributed by atoms with van der Waals surface area (Å²) in [7, 11) is 3.17. The summed E-state index contributed by atoms with van der Waals surface area (Å²) in [5, 5.41) is 12.6. The van der Waals surface area contributed by atoms with Crippen LogP contribution >= 0.6 is 15.9 Å². The van der Waals surface area contributed by atoms with Crippen LogP contribution in [0.3, 0.4) is 0 Å². The molecule has 1 atom stereocenters. The van der Waals surface area contributed by atoms with Gasteiger partial charge in [0.15, 0.2) is 0 Å². The molecule has 1 unspecified atom stereocenters. The number of benzene rings is 1. The van der Waals surface area contributed by atoms with E-state index in [9.17, 15) is 9.50 Å². The molecule has 0 aliphatic rings. The smallest absolute Gasteiger partial charge is 0.141 e. The number of rotatable bonds is 4. The van der Waals surface area contributed by atoms with Crippen molar-refractivity contribution in [3.63, 3.8) is 0 Å². The Labute approximate surface area is 96.4 Å². The van der Waals surface area contributed by atoms with Crippen molar-refractivity contribution in [3.05, 3.63) is 28.0 Å². The van der Waals surface area contributed by atoms with Crippen LogP contribution in [0, 0.1) is 5.82 Å². The van der Waals surface area contributed by atoms with E-state index in [4.69, 9.17) is 4.74 Å². The number of nitrogens with one attached hydrogen (secondary N) is 1. The normalized spacial score (nSPS) is 12.6. The molecule has 0 spiro atoms. The molecule has 3 nitrogen and oxygen atoms in total. The first-order valence-corrected chi connectivity index (χ1v) is 5.25. The van der Waals surface area contributed by atoms with Gasteiger partial charge in [-0.05, 0) is 35.1 Å². The number of likely N-dealkylation sites (N-methyl/N-ethyl adjacent to an activating group) is 1. The first-order chi connectivity index (χ1) is 7.11. The van der Waals surface area contributed by atoms with E-state index in [1.807, 2.05) is 0 Å². The Morgan fingerprint density at radius 1 is 1.60 bits per heavy atom. The molecular formula is C10H13BrFNO2. The first kappa shape index (κ1) is 12.4. The monoisotopic (exact) mass is 277 g/mol. The van der Waals surface area contributed by atoms with E-state index in [2.05, 4.69) is 21.2 Å². The fourth-order valence-electron chi connectivity index (χ4n) is 1.32. The maximum absolute atomic E-state index is 13.2. The quantitative estimate of drug-likeness (QED) is 0.883. The second kappa shape index (κ2) is 5.44. The lowest BCUT2D eigenvalue weighted by Crippen LogP contribution is -2.17. The van der Waals surface area contributed by atoms with E-state index < -0.39 is 11.9 Å². The summed E-state index contributed by atoms with van der Waals surface area (Å²) in [6.07, 6.45) is -0.721. The van der Waals surface area contributed by atoms with Crippen LogP contribution in [0.4, 0.5) is 4.39 Å². The summed E-state index contributed by atoms with van der Waals surface area (Å²) in [5.41, 5.74) is 0.556. The van der Waals surface area contributed by atoms with Crippen LogP contribution in [-0.2, 0) is 0 Å². The van der Waals surface area contributed by atoms with Gasteiger partial charge < -0.3 is 15.2 Å². The maximum atomic E-state index is 13.2. The maximum Gasteiger partial charge on any atom is 0.141 e. The van der Waals surface area contributed by atoms with Crippen molar-refractivity contribution >= 4 is 15.9 Å². The summed E-state index contributed by atoms with van der Waals surface area (Å²) in [6, 6.07) is 2.81. The van der Waals surface area contributed by atoms with Crippen molar-refractivity contribution in [1.29, 1.82) is 0 Å². The molecule has 0 heterocycles. The molecule has 0 saturated heterocycles. The van der Waals surface area contributed by atoms with E-state index >= 15 is 0 Å². The molecular weight excluding hydrogens is 265 g/mol. The van der Waals surface area contributed by atoms with Gasteiger partial charge in [-0.1, -0.05) is 0 Å². The highest BCUT2D eigenvalue weighted by atomic mass is 79.9. The lowest BCUT2D eigenvalue weighted by atomic mass is 10.1. The Morgan fingerprint density at radius 2 is 2.27 bits per heavy atom. The number of ether oxygens (including phenoxy) is 1. The van der Waals surface area contributed by atoms with Gasteiger partial charge in [-0.15, -0.1) is 0 Å². The SMILES string of the molecule is CNCC(O)c1ccc(F)c(Br)c1OC. The highest BCUT2D eigenvalue weighted by molar-refractivity contribution is 9.10. The van der Waals surface area contributed by atoms with Crippen LogP contribution in [0.2, 0.25) is 0 Å². The van der Waals surface area contributed by atoms with E-state index in [0.717, 1.165) is 0 Å². The number of methoxy groups -OCH3 is 1. The van der Waals surface area contributed by atoms with Crippen LogP contribution in [0.15, 0.2) is 16.6 Å². The molecule has 0 saturated carbocycles. The molecule has 1 aromatic rings. The third-order valence-electron chi connectivity index (χ3n) is 2.04. The summed E-state index contributed by atoms with van der Waals surface area (Å²) < 4.78 is 18.5. The minimum atomic E-state index is -0.721. The van der Waals surface area contributed by atoms with Gasteiger partial charge in [0.05, 0.1) is 17.7 Å². The highest BCUT2D eigenvalue weighted by Crippen LogP contribution is 2.34. The van der Waals surface area contributed by atoms with E-state index in [-0.39, 0.29) is 4.47 Å². The number of hydrogen-bond acceptors (Lipinski definition) is 3. The molecule has 0 aliphatic heterocycles. The predicted octanol–water partition coefficient (Wildman–Crippen LogP) is 1.85. The summed E-state index contributed by atoms with van der Waals surface area (Å²) in [6.45, 7) is 0.383. The van der Waals surface area contributed by atoms with Crippen LogP contribution in [0.1, 0.15) is 11.7 Å². The lowest BCUT2D eigenvalue weighted by molar-refractivity contribution is 0.173. The minimum Gasteiger partial charge on any atom is -0.495 e. The summed E-state index contributed by atoms with van der Waals surface area (Å²) in [4.78, 5) is 0. The predicted molar refractivity (Wildman–Crippen MR) is 59.5 cm³/mol. The van der Waals surface area contributed by atoms with Gasteiger partial charge >= 0.3 is 0 Å². The molecule has 1 aromatic carbocycles. The number of aliphatic hydroxyl groups is 1. The zero-order valence-electron chi connectivity index (χ0n) is 8.55. The largest absolute Gasteiger partial charge is 0.495 e. The van der Waals surface area contributed by atoms with Crippen molar-refractivity contribution in [1.82, 2.24) is 5.32 Å². The zero-order chi connectivity index (χ0) is 11.4. The molecule has 1 rings (SSSR count). The van der Waals surface area contributed by atoms with Crippen LogP contribution in [-0.4, -0.2) is 25.8 Å². The van der Waals surface area contributed by atoms with Crippen molar-refractivity contribution < 1.29 is 14.2 Å². The zero-order valence-corrected chi connectivity index (χ0v) is 10.1. The Hall–Kier alpha value is -0.650. The second-order valence-electron chi connectivity index (χ2n) is 3.06. The van der Waals surface area contributed by atoms with Gasteiger partial charge in [-0.3, -0.25) is 0 Å². The topological polar surface area (TPSA) is 41.5 Å². The van der Waals surface area contributed by atoms with Gasteiger partial charge in [0.1, 0.15) is 11.6 Å². The van der Waals surface area contributed by atoms with Gasteiger partial charge in [0, 0.05) is 12.1 Å². The van der Waals surface area contributed by atoms with E-state index in [0.29, 0.717) is 17.9 Å². The molecule has 5 heteroatoms. The average Bonchev–Trinajstić information content (AvgIpc) is 2.22. The number of hydrogen-bond donors (Lipinski definition) is 2. The Kier molecular flexibility index (Phi) is 4.50. The molecule has 2 N–H and O–H groups in total. The fraction of sp³-hybridized carbons (Fsp3) is 0.400. The first-order valence-electron chi connectivity index (χ1n) is 4.46. The molecule has 0 aliphatic carbocycles. The fourth-order valence-corrected chi connectivity index (χ4v) is 1.84. The standard InChI is InChI=1S/C10H13BrFNO2/c1-13-5-8(14)6-3-4-7(12)9(11)10(6)15-2/h3-4,8,13-14H,5H2,1-2H3. The van der Waals surface area contributed by atoms with Gasteiger partial charge in [-0.2, -0.15) is 0 Å². The van der Waals surface area contributed by atoms with Crippen molar-refractivity contribution in [2.75, 3.05) is 20.7 Å². The van der Waals surface area contributed by atoms with Crippen molar-refractivity contribution in [3.8, 4) is 5.75 Å². The van der Waals surface area contributed by atoms with Gasteiger partial charge in [-0.25, -0.2) is 4.39 Å². The molecule has 0 radical (unpaired) electrons. The van der Waals surface area contributed by atoms with Crippen molar-refractivity contribution in [2.24, 2.45) is 0 Å². The number of aliphatic hydroxyl groups excluding tert-OH is 1. The number of halogens is 2. The van der Waals surface area contributed by atoms with Crippen molar-refractivity contribution in [2.45, 2.75) is 6.10 Å². The molecule has 0 fully saturated rings. The van der Waals surface area contributed by atoms with Gasteiger partial charge in [0.25, 0.3) is 0 Å². The molecule has 0 aromatic heterocycles. The third-order valence-corrected chi connectivity index (χ3v) is 2.78. The molecule has 84 valence electrons. The van der Waals surface area contributed by atoms with Crippen LogP contribution in [0.5, 0.6) is 5.75 Å². The Bertz CT molecular complexity index is 346. The summed E-state index contributed by atoms with van der Waals surface area (Å²) in [5.74, 6) is -0.0787. The van der Waals surface area contributed by atoms with E-state index in [1.54, 1.807) is 7.05 Å². The minimum absolute atomic E-state index is 0.234. The lowest BCUT2D eigenvalue weighted by Gasteiger charge is -2.15. The van der Waals surface area contributed by atoms with Crippen LogP contribution in [0.25, 0.3) is 0 Å². The Balaban J connectivity index is 3.12. The second-order valence-corrected chi connectivity index (χ2v) is 3.85. The molecule has 15 heavy (non-hydrogen) atoms. The van der Waals surface area contributed by atoms with Gasteiger partial charge in [0.2, 0.25) is 0 Å².